The topological polar surface area (TPSA) is 27.1 Å². The van der Waals surface area contributed by atoms with Crippen LogP contribution in [-0.4, -0.2) is 17.1 Å². The quantitative estimate of drug-likeness (QED) is 0.734. The Bertz CT molecular complexity index is 494. The third-order valence-electron chi connectivity index (χ3n) is 2.51. The predicted molar refractivity (Wildman–Crippen MR) is 59.7 cm³/mol. The summed E-state index contributed by atoms with van der Waals surface area (Å²) in [6, 6.07) is 8.35. The van der Waals surface area contributed by atoms with Gasteiger partial charge in [-0.3, -0.25) is 0 Å². The second-order valence-electron chi connectivity index (χ2n) is 3.36. The minimum Gasteiger partial charge on any atom is -0.399 e. The lowest BCUT2D eigenvalue weighted by molar-refractivity contribution is 0.138. The van der Waals surface area contributed by atoms with Gasteiger partial charge in [0.05, 0.1) is 6.20 Å². The summed E-state index contributed by atoms with van der Waals surface area (Å²) < 4.78 is 0. The molecule has 0 amide bonds. The average Bonchev–Trinajstić information content (AvgIpc) is 2.72. The van der Waals surface area contributed by atoms with Crippen LogP contribution in [-0.2, 0) is 5.75 Å². The van der Waals surface area contributed by atoms with Gasteiger partial charge in [-0.15, -0.1) is 16.9 Å². The van der Waals surface area contributed by atoms with E-state index >= 15 is 0 Å². The number of aromatic nitrogens is 2. The van der Waals surface area contributed by atoms with E-state index in [4.69, 9.17) is 4.84 Å². The first-order valence-electron chi connectivity index (χ1n) is 4.74. The zero-order valence-corrected chi connectivity index (χ0v) is 9.12. The van der Waals surface area contributed by atoms with E-state index in [1.807, 2.05) is 24.0 Å². The molecule has 1 aromatic carbocycles. The Morgan fingerprint density at radius 2 is 2.27 bits per heavy atom. The van der Waals surface area contributed by atoms with E-state index in [0.717, 1.165) is 11.4 Å². The first kappa shape index (κ1) is 8.85. The molecule has 2 aromatic rings. The van der Waals surface area contributed by atoms with Crippen molar-refractivity contribution >= 4 is 11.8 Å². The number of hydrogen-bond donors (Lipinski definition) is 0. The molecule has 4 heteroatoms. The van der Waals surface area contributed by atoms with Crippen LogP contribution in [0.25, 0.3) is 11.3 Å². The Kier molecular flexibility index (Phi) is 1.95. The van der Waals surface area contributed by atoms with Gasteiger partial charge in [0.25, 0.3) is 0 Å². The lowest BCUT2D eigenvalue weighted by Gasteiger charge is -2.16. The van der Waals surface area contributed by atoms with Crippen LogP contribution in [0.5, 0.6) is 0 Å². The van der Waals surface area contributed by atoms with Gasteiger partial charge in [-0.1, -0.05) is 23.0 Å². The van der Waals surface area contributed by atoms with Crippen molar-refractivity contribution in [3.63, 3.8) is 0 Å². The molecule has 0 fully saturated rings. The molecule has 3 rings (SSSR count). The average molecular weight is 218 g/mol. The molecule has 1 aliphatic rings. The minimum atomic E-state index is 0.968. The van der Waals surface area contributed by atoms with Gasteiger partial charge in [0.1, 0.15) is 12.8 Å². The SMILES string of the molecule is COn1ncc2c1-c1ccccc1SC2. The van der Waals surface area contributed by atoms with Crippen LogP contribution in [0.2, 0.25) is 0 Å². The van der Waals surface area contributed by atoms with Gasteiger partial charge in [0, 0.05) is 21.8 Å². The van der Waals surface area contributed by atoms with Gasteiger partial charge in [0.2, 0.25) is 0 Å². The van der Waals surface area contributed by atoms with E-state index in [1.54, 1.807) is 12.0 Å². The summed E-state index contributed by atoms with van der Waals surface area (Å²) in [5.41, 5.74) is 3.54. The Morgan fingerprint density at radius 3 is 3.13 bits per heavy atom. The highest BCUT2D eigenvalue weighted by atomic mass is 32.2. The fourth-order valence-electron chi connectivity index (χ4n) is 1.83. The lowest BCUT2D eigenvalue weighted by atomic mass is 10.1. The molecule has 15 heavy (non-hydrogen) atoms. The van der Waals surface area contributed by atoms with Crippen LogP contribution in [0.15, 0.2) is 35.4 Å². The molecular weight excluding hydrogens is 208 g/mol. The number of rotatable bonds is 1. The van der Waals surface area contributed by atoms with E-state index < -0.39 is 0 Å². The summed E-state index contributed by atoms with van der Waals surface area (Å²) in [6.07, 6.45) is 1.88. The molecule has 2 heterocycles. The molecule has 0 saturated carbocycles. The number of fused-ring (bicyclic) bond motifs is 3. The lowest BCUT2D eigenvalue weighted by Crippen LogP contribution is -2.10. The second-order valence-corrected chi connectivity index (χ2v) is 4.38. The largest absolute Gasteiger partial charge is 0.399 e. The van der Waals surface area contributed by atoms with Gasteiger partial charge < -0.3 is 4.84 Å². The summed E-state index contributed by atoms with van der Waals surface area (Å²) in [7, 11) is 1.64. The molecule has 1 aromatic heterocycles. The van der Waals surface area contributed by atoms with E-state index in [1.165, 1.54) is 16.0 Å². The third kappa shape index (κ3) is 1.25. The van der Waals surface area contributed by atoms with Crippen LogP contribution in [0.3, 0.4) is 0 Å². The van der Waals surface area contributed by atoms with E-state index in [9.17, 15) is 0 Å². The van der Waals surface area contributed by atoms with Crippen molar-refractivity contribution in [2.24, 2.45) is 0 Å². The summed E-state index contributed by atoms with van der Waals surface area (Å²) in [5, 5.41) is 4.20. The van der Waals surface area contributed by atoms with E-state index in [-0.39, 0.29) is 0 Å². The number of thioether (sulfide) groups is 1. The van der Waals surface area contributed by atoms with Crippen molar-refractivity contribution in [3.8, 4) is 11.3 Å². The van der Waals surface area contributed by atoms with Gasteiger partial charge in [-0.2, -0.15) is 0 Å². The molecule has 76 valence electrons. The molecule has 0 atom stereocenters. The van der Waals surface area contributed by atoms with Crippen molar-refractivity contribution in [1.29, 1.82) is 0 Å². The van der Waals surface area contributed by atoms with Crippen LogP contribution < -0.4 is 4.84 Å². The van der Waals surface area contributed by atoms with Crippen molar-refractivity contribution in [1.82, 2.24) is 9.94 Å². The highest BCUT2D eigenvalue weighted by molar-refractivity contribution is 7.98. The Labute approximate surface area is 92.0 Å². The number of benzene rings is 1. The summed E-state index contributed by atoms with van der Waals surface area (Å²) in [6.45, 7) is 0. The fourth-order valence-corrected chi connectivity index (χ4v) is 2.84. The zero-order chi connectivity index (χ0) is 10.3. The van der Waals surface area contributed by atoms with Gasteiger partial charge in [0.15, 0.2) is 0 Å². The van der Waals surface area contributed by atoms with Gasteiger partial charge in [-0.05, 0) is 6.07 Å². The van der Waals surface area contributed by atoms with Crippen molar-refractivity contribution in [2.75, 3.05) is 7.11 Å². The Hall–Kier alpha value is -1.42. The van der Waals surface area contributed by atoms with Crippen LogP contribution in [0.4, 0.5) is 0 Å². The molecule has 0 radical (unpaired) electrons. The second kappa shape index (κ2) is 3.31. The molecule has 0 bridgehead atoms. The molecule has 0 N–H and O–H groups in total. The monoisotopic (exact) mass is 218 g/mol. The van der Waals surface area contributed by atoms with Crippen LogP contribution in [0, 0.1) is 0 Å². The molecule has 0 unspecified atom stereocenters. The zero-order valence-electron chi connectivity index (χ0n) is 8.30. The number of hydrogen-bond acceptors (Lipinski definition) is 3. The molecule has 1 aliphatic heterocycles. The van der Waals surface area contributed by atoms with Crippen LogP contribution >= 0.6 is 11.8 Å². The van der Waals surface area contributed by atoms with Gasteiger partial charge in [-0.25, -0.2) is 0 Å². The Morgan fingerprint density at radius 1 is 1.40 bits per heavy atom. The summed E-state index contributed by atoms with van der Waals surface area (Å²) in [5.74, 6) is 0.968. The molecule has 3 nitrogen and oxygen atoms in total. The standard InChI is InChI=1S/C11H10N2OS/c1-14-13-11-8(6-12-13)7-15-10-5-3-2-4-9(10)11/h2-6H,7H2,1H3. The summed E-state index contributed by atoms with van der Waals surface area (Å²) >= 11 is 1.85. The van der Waals surface area contributed by atoms with Gasteiger partial charge >= 0.3 is 0 Å². The predicted octanol–water partition coefficient (Wildman–Crippen LogP) is 2.21. The maximum absolute atomic E-state index is 5.21. The van der Waals surface area contributed by atoms with Crippen LogP contribution in [0.1, 0.15) is 5.56 Å². The van der Waals surface area contributed by atoms with Crippen molar-refractivity contribution < 1.29 is 4.84 Å². The fraction of sp³-hybridized carbons (Fsp3) is 0.182. The normalized spacial score (nSPS) is 13.1. The molecule has 0 spiro atoms. The first-order chi connectivity index (χ1) is 7.40. The maximum Gasteiger partial charge on any atom is 0.115 e. The Balaban J connectivity index is 2.27. The summed E-state index contributed by atoms with van der Waals surface area (Å²) in [4.78, 5) is 8.09. The van der Waals surface area contributed by atoms with Crippen molar-refractivity contribution in [3.05, 3.63) is 36.0 Å². The van der Waals surface area contributed by atoms with E-state index in [0.29, 0.717) is 0 Å². The molecule has 0 saturated heterocycles. The first-order valence-corrected chi connectivity index (χ1v) is 5.72. The smallest absolute Gasteiger partial charge is 0.115 e. The van der Waals surface area contributed by atoms with Crippen molar-refractivity contribution in [2.45, 2.75) is 10.6 Å². The highest BCUT2D eigenvalue weighted by Gasteiger charge is 2.21. The number of nitrogens with zero attached hydrogens (tertiary/aromatic N) is 2. The maximum atomic E-state index is 5.21. The highest BCUT2D eigenvalue weighted by Crippen LogP contribution is 2.40. The molecule has 0 aliphatic carbocycles. The minimum absolute atomic E-state index is 0.968. The molecular formula is C11H10N2OS. The van der Waals surface area contributed by atoms with E-state index in [2.05, 4.69) is 23.3 Å². The third-order valence-corrected chi connectivity index (χ3v) is 3.63.